The molecule has 0 aliphatic heterocycles. The van der Waals surface area contributed by atoms with Crippen LogP contribution in [0.25, 0.3) is 0 Å². The summed E-state index contributed by atoms with van der Waals surface area (Å²) in [7, 11) is 0. The number of benzene rings is 1. The SMILES string of the molecule is CC(NC(=O)NCCc1cccs1)c1ccccc1. The first kappa shape index (κ1) is 13.6. The van der Waals surface area contributed by atoms with Crippen LogP contribution in [0.15, 0.2) is 47.8 Å². The van der Waals surface area contributed by atoms with E-state index in [9.17, 15) is 4.79 Å². The van der Waals surface area contributed by atoms with Gasteiger partial charge >= 0.3 is 6.03 Å². The lowest BCUT2D eigenvalue weighted by atomic mass is 10.1. The summed E-state index contributed by atoms with van der Waals surface area (Å²) in [6.45, 7) is 2.64. The number of rotatable bonds is 5. The van der Waals surface area contributed by atoms with Gasteiger partial charge in [0.25, 0.3) is 0 Å². The molecule has 3 nitrogen and oxygen atoms in total. The van der Waals surface area contributed by atoms with E-state index in [1.807, 2.05) is 48.7 Å². The Hall–Kier alpha value is -1.81. The number of nitrogens with one attached hydrogen (secondary N) is 2. The maximum Gasteiger partial charge on any atom is 0.315 e. The summed E-state index contributed by atoms with van der Waals surface area (Å²) < 4.78 is 0. The van der Waals surface area contributed by atoms with Gasteiger partial charge in [-0.1, -0.05) is 36.4 Å². The summed E-state index contributed by atoms with van der Waals surface area (Å²) in [5, 5.41) is 7.86. The minimum atomic E-state index is -0.118. The first-order valence-electron chi connectivity index (χ1n) is 6.37. The van der Waals surface area contributed by atoms with Crippen LogP contribution in [0.3, 0.4) is 0 Å². The number of hydrogen-bond acceptors (Lipinski definition) is 2. The van der Waals surface area contributed by atoms with Crippen molar-refractivity contribution < 1.29 is 4.79 Å². The summed E-state index contributed by atoms with van der Waals surface area (Å²) >= 11 is 1.71. The summed E-state index contributed by atoms with van der Waals surface area (Å²) in [5.41, 5.74) is 1.11. The molecule has 2 amide bonds. The van der Waals surface area contributed by atoms with Crippen molar-refractivity contribution in [2.75, 3.05) is 6.54 Å². The molecule has 0 aliphatic rings. The molecule has 1 atom stereocenters. The number of carbonyl (C=O) groups is 1. The van der Waals surface area contributed by atoms with Crippen LogP contribution >= 0.6 is 11.3 Å². The van der Waals surface area contributed by atoms with Gasteiger partial charge in [0.15, 0.2) is 0 Å². The van der Waals surface area contributed by atoms with Crippen molar-refractivity contribution in [1.82, 2.24) is 10.6 Å². The van der Waals surface area contributed by atoms with Gasteiger partial charge in [-0.15, -0.1) is 11.3 Å². The molecule has 4 heteroatoms. The van der Waals surface area contributed by atoms with Crippen LogP contribution in [0.5, 0.6) is 0 Å². The third kappa shape index (κ3) is 4.41. The fourth-order valence-electron chi connectivity index (χ4n) is 1.83. The van der Waals surface area contributed by atoms with Crippen molar-refractivity contribution in [2.24, 2.45) is 0 Å². The molecule has 1 aromatic carbocycles. The standard InChI is InChI=1S/C15H18N2OS/c1-12(13-6-3-2-4-7-13)17-15(18)16-10-9-14-8-5-11-19-14/h2-8,11-12H,9-10H2,1H3,(H2,16,17,18). The van der Waals surface area contributed by atoms with E-state index in [-0.39, 0.29) is 12.1 Å². The lowest BCUT2D eigenvalue weighted by Gasteiger charge is -2.14. The summed E-state index contributed by atoms with van der Waals surface area (Å²) in [6.07, 6.45) is 0.880. The minimum Gasteiger partial charge on any atom is -0.338 e. The zero-order valence-electron chi connectivity index (χ0n) is 10.9. The van der Waals surface area contributed by atoms with E-state index in [4.69, 9.17) is 0 Å². The molecule has 100 valence electrons. The van der Waals surface area contributed by atoms with Gasteiger partial charge in [-0.2, -0.15) is 0 Å². The van der Waals surface area contributed by atoms with E-state index in [2.05, 4.69) is 16.7 Å². The zero-order valence-corrected chi connectivity index (χ0v) is 11.7. The molecule has 1 heterocycles. The Balaban J connectivity index is 1.72. The van der Waals surface area contributed by atoms with Crippen LogP contribution in [0, 0.1) is 0 Å². The van der Waals surface area contributed by atoms with Gasteiger partial charge in [0.05, 0.1) is 6.04 Å². The van der Waals surface area contributed by atoms with E-state index >= 15 is 0 Å². The fraction of sp³-hybridized carbons (Fsp3) is 0.267. The molecular weight excluding hydrogens is 256 g/mol. The van der Waals surface area contributed by atoms with Gasteiger partial charge in [-0.05, 0) is 30.4 Å². The molecule has 2 rings (SSSR count). The van der Waals surface area contributed by atoms with Gasteiger partial charge in [-0.3, -0.25) is 0 Å². The molecule has 2 aromatic rings. The molecule has 0 bridgehead atoms. The quantitative estimate of drug-likeness (QED) is 0.862. The number of urea groups is 1. The normalized spacial score (nSPS) is 11.8. The molecule has 0 saturated heterocycles. The van der Waals surface area contributed by atoms with Gasteiger partial charge in [0.2, 0.25) is 0 Å². The highest BCUT2D eigenvalue weighted by Crippen LogP contribution is 2.11. The Kier molecular flexibility index (Phi) is 4.98. The lowest BCUT2D eigenvalue weighted by Crippen LogP contribution is -2.37. The third-order valence-electron chi connectivity index (χ3n) is 2.88. The highest BCUT2D eigenvalue weighted by atomic mass is 32.1. The molecule has 1 aromatic heterocycles. The molecule has 0 spiro atoms. The molecule has 0 aliphatic carbocycles. The van der Waals surface area contributed by atoms with E-state index < -0.39 is 0 Å². The van der Waals surface area contributed by atoms with Crippen molar-refractivity contribution in [2.45, 2.75) is 19.4 Å². The summed E-state index contributed by atoms with van der Waals surface area (Å²) in [5.74, 6) is 0. The van der Waals surface area contributed by atoms with Crippen LogP contribution in [0.4, 0.5) is 4.79 Å². The van der Waals surface area contributed by atoms with Crippen LogP contribution in [0.2, 0.25) is 0 Å². The van der Waals surface area contributed by atoms with Gasteiger partial charge in [0, 0.05) is 11.4 Å². The van der Waals surface area contributed by atoms with Crippen molar-refractivity contribution in [3.63, 3.8) is 0 Å². The Labute approximate surface area is 117 Å². The van der Waals surface area contributed by atoms with Crippen LogP contribution < -0.4 is 10.6 Å². The fourth-order valence-corrected chi connectivity index (χ4v) is 2.54. The lowest BCUT2D eigenvalue weighted by molar-refractivity contribution is 0.238. The van der Waals surface area contributed by atoms with Gasteiger partial charge in [0.1, 0.15) is 0 Å². The smallest absolute Gasteiger partial charge is 0.315 e. The van der Waals surface area contributed by atoms with E-state index in [1.165, 1.54) is 4.88 Å². The maximum atomic E-state index is 11.7. The minimum absolute atomic E-state index is 0.0166. The average molecular weight is 274 g/mol. The summed E-state index contributed by atoms with van der Waals surface area (Å²) in [6, 6.07) is 13.9. The number of thiophene rings is 1. The molecule has 0 fully saturated rings. The second kappa shape index (κ2) is 6.95. The summed E-state index contributed by atoms with van der Waals surface area (Å²) in [4.78, 5) is 13.0. The number of carbonyl (C=O) groups excluding carboxylic acids is 1. The monoisotopic (exact) mass is 274 g/mol. The Bertz CT molecular complexity index is 496. The van der Waals surface area contributed by atoms with Crippen molar-refractivity contribution in [3.05, 3.63) is 58.3 Å². The molecule has 0 radical (unpaired) electrons. The Morgan fingerprint density at radius 1 is 1.21 bits per heavy atom. The topological polar surface area (TPSA) is 41.1 Å². The van der Waals surface area contributed by atoms with Crippen LogP contribution in [-0.4, -0.2) is 12.6 Å². The predicted octanol–water partition coefficient (Wildman–Crippen LogP) is 3.35. The Morgan fingerprint density at radius 3 is 2.68 bits per heavy atom. The van der Waals surface area contributed by atoms with Crippen molar-refractivity contribution in [1.29, 1.82) is 0 Å². The zero-order chi connectivity index (χ0) is 13.5. The largest absolute Gasteiger partial charge is 0.338 e. The van der Waals surface area contributed by atoms with Crippen LogP contribution in [0.1, 0.15) is 23.4 Å². The molecule has 0 saturated carbocycles. The predicted molar refractivity (Wildman–Crippen MR) is 79.4 cm³/mol. The third-order valence-corrected chi connectivity index (χ3v) is 3.82. The highest BCUT2D eigenvalue weighted by Gasteiger charge is 2.08. The average Bonchev–Trinajstić information content (AvgIpc) is 2.93. The number of amides is 2. The van der Waals surface area contributed by atoms with Crippen molar-refractivity contribution >= 4 is 17.4 Å². The second-order valence-electron chi connectivity index (χ2n) is 4.36. The van der Waals surface area contributed by atoms with Crippen molar-refractivity contribution in [3.8, 4) is 0 Å². The van der Waals surface area contributed by atoms with Gasteiger partial charge < -0.3 is 10.6 Å². The van der Waals surface area contributed by atoms with Crippen LogP contribution in [-0.2, 0) is 6.42 Å². The second-order valence-corrected chi connectivity index (χ2v) is 5.39. The van der Waals surface area contributed by atoms with E-state index in [0.29, 0.717) is 6.54 Å². The number of hydrogen-bond donors (Lipinski definition) is 2. The first-order valence-corrected chi connectivity index (χ1v) is 7.25. The molecular formula is C15H18N2OS. The highest BCUT2D eigenvalue weighted by molar-refractivity contribution is 7.09. The maximum absolute atomic E-state index is 11.7. The van der Waals surface area contributed by atoms with Gasteiger partial charge in [-0.25, -0.2) is 4.79 Å². The molecule has 2 N–H and O–H groups in total. The van der Waals surface area contributed by atoms with E-state index in [0.717, 1.165) is 12.0 Å². The molecule has 19 heavy (non-hydrogen) atoms. The first-order chi connectivity index (χ1) is 9.25. The van der Waals surface area contributed by atoms with E-state index in [1.54, 1.807) is 11.3 Å². The molecule has 1 unspecified atom stereocenters. The Morgan fingerprint density at radius 2 is 2.00 bits per heavy atom.